The van der Waals surface area contributed by atoms with Crippen molar-refractivity contribution in [3.8, 4) is 0 Å². The van der Waals surface area contributed by atoms with Crippen LogP contribution in [0, 0.1) is 4.78 Å². The Bertz CT molecular complexity index is 8.00. The minimum Gasteiger partial charge on any atom is -1.00 e. The minimum atomic E-state index is 0. The summed E-state index contributed by atoms with van der Waals surface area (Å²) in [4.78, 5) is 0. The van der Waals surface area contributed by atoms with E-state index >= 15 is 0 Å². The maximum atomic E-state index is 5.33. The molecular weight excluding hydrogens is 72.0 g/mol. The van der Waals surface area contributed by atoms with Crippen molar-refractivity contribution in [3.05, 3.63) is 0 Å². The molecule has 0 rings (SSSR count). The zero-order valence-corrected chi connectivity index (χ0v) is 3.10. The molecule has 0 saturated carbocycles. The summed E-state index contributed by atoms with van der Waals surface area (Å²) >= 11 is 3.33. The Morgan fingerprint density at radius 2 is 1.25 bits per heavy atom. The molecule has 1 nitrogen and oxygen atoms in total. The fraction of sp³-hybridized carbons (Fsp3) is 0. The van der Waals surface area contributed by atoms with Gasteiger partial charge in [0.15, 0.2) is 0 Å². The molecule has 0 aliphatic carbocycles. The summed E-state index contributed by atoms with van der Waals surface area (Å²) in [6.45, 7) is 0. The Morgan fingerprint density at radius 3 is 1.25 bits per heavy atom. The fourth-order valence-electron chi connectivity index (χ4n) is 0. The predicted octanol–water partition coefficient (Wildman–Crippen LogP) is -5.70. The van der Waals surface area contributed by atoms with Crippen LogP contribution in [0.2, 0.25) is 0 Å². The third-order valence-electron chi connectivity index (χ3n) is 0. The second-order valence-corrected chi connectivity index (χ2v) is 0. The van der Waals surface area contributed by atoms with Gasteiger partial charge in [0.1, 0.15) is 0 Å². The Kier molecular flexibility index (Phi) is 459. The Labute approximate surface area is 41.3 Å². The van der Waals surface area contributed by atoms with Gasteiger partial charge in [0, 0.05) is 12.4 Å². The summed E-state index contributed by atoms with van der Waals surface area (Å²) in [5.41, 5.74) is 0. The zero-order valence-electron chi connectivity index (χ0n) is 2.29. The molecule has 0 fully saturated rings. The first kappa shape index (κ1) is 23.9. The van der Waals surface area contributed by atoms with Gasteiger partial charge in [-0.1, -0.05) is 0 Å². The van der Waals surface area contributed by atoms with E-state index < -0.39 is 0 Å². The van der Waals surface area contributed by atoms with Crippen molar-refractivity contribution in [2.45, 2.75) is 0 Å². The predicted molar refractivity (Wildman–Crippen MR) is 10.1 cm³/mol. The summed E-state index contributed by atoms with van der Waals surface area (Å²) in [5.74, 6) is 0. The van der Waals surface area contributed by atoms with Crippen molar-refractivity contribution < 1.29 is 23.6 Å². The molecule has 0 aliphatic heterocycles. The molecule has 0 radical (unpaired) electrons. The average molecular weight is 73.0 g/mol. The number of hydrogen-bond donors (Lipinski definition) is 1. The van der Waals surface area contributed by atoms with Crippen LogP contribution < -0.4 is 23.6 Å². The summed E-state index contributed by atoms with van der Waals surface area (Å²) in [6.07, 6.45) is 0. The third-order valence-corrected chi connectivity index (χ3v) is 0. The first-order valence-electron chi connectivity index (χ1n) is 0.204. The zero-order chi connectivity index (χ0) is 2.00. The number of rotatable bonds is 0. The maximum Gasteiger partial charge on any atom is 1.00 e. The Hall–Kier alpha value is 0.547. The second kappa shape index (κ2) is 76.8. The Balaban J connectivity index is -0.00000000500. The van der Waals surface area contributed by atoms with Crippen molar-refractivity contribution in [2.24, 2.45) is 0 Å². The van der Waals surface area contributed by atoms with Crippen LogP contribution in [0.1, 0.15) is 0 Å². The van der Waals surface area contributed by atoms with E-state index in [1.165, 1.54) is 0 Å². The first-order chi connectivity index (χ1) is 1.00. The van der Waals surface area contributed by atoms with Crippen LogP contribution in [0.5, 0.6) is 0 Å². The van der Waals surface area contributed by atoms with Crippen molar-refractivity contribution in [1.29, 1.82) is 4.78 Å². The average Bonchev–Trinajstić information content (AvgIpc) is 1.00. The van der Waals surface area contributed by atoms with Crippen LogP contribution in [-0.2, 0) is 12.4 Å². The van der Waals surface area contributed by atoms with E-state index in [-0.39, 0.29) is 23.6 Å². The summed E-state index contributed by atoms with van der Waals surface area (Å²) < 4.78 is 5.33. The molecule has 0 amide bonds. The number of nitrogens with one attached hydrogen (secondary N) is 1. The van der Waals surface area contributed by atoms with Gasteiger partial charge in [-0.2, -0.15) is 0 Å². The van der Waals surface area contributed by atoms with Crippen LogP contribution >= 0.6 is 0 Å². The fourth-order valence-corrected chi connectivity index (χ4v) is 0. The van der Waals surface area contributed by atoms with Gasteiger partial charge in [-0.15, -0.1) is 0 Å². The van der Waals surface area contributed by atoms with Gasteiger partial charge < -0.3 is 4.70 Å². The molecule has 4 heavy (non-hydrogen) atoms. The van der Waals surface area contributed by atoms with E-state index in [0.717, 1.165) is 0 Å². The summed E-state index contributed by atoms with van der Waals surface area (Å²) in [6, 6.07) is 0. The van der Waals surface area contributed by atoms with E-state index in [9.17, 15) is 0 Å². The van der Waals surface area contributed by atoms with E-state index in [4.69, 9.17) is 4.78 Å². The molecule has 20 valence electrons. The SMILES string of the molecule is N=S.[F-].[Li+]. The molecule has 0 aromatic rings. The molecular formula is HFLiNS. The number of halogens is 1. The second-order valence-electron chi connectivity index (χ2n) is 0. The van der Waals surface area contributed by atoms with E-state index in [2.05, 4.69) is 12.4 Å². The van der Waals surface area contributed by atoms with Crippen LogP contribution in [-0.4, -0.2) is 0 Å². The summed E-state index contributed by atoms with van der Waals surface area (Å²) in [7, 11) is 0. The van der Waals surface area contributed by atoms with Gasteiger partial charge in [-0.3, -0.25) is 0 Å². The molecule has 0 aromatic carbocycles. The van der Waals surface area contributed by atoms with Crippen LogP contribution in [0.3, 0.4) is 0 Å². The normalized spacial score (nSPS) is 1.00. The molecule has 0 unspecified atom stereocenters. The molecule has 0 spiro atoms. The minimum absolute atomic E-state index is 0. The molecule has 1 N–H and O–H groups in total. The first-order valence-corrected chi connectivity index (χ1v) is 0.612. The van der Waals surface area contributed by atoms with Crippen LogP contribution in [0.15, 0.2) is 0 Å². The van der Waals surface area contributed by atoms with Gasteiger partial charge in [-0.25, -0.2) is 4.78 Å². The topological polar surface area (TPSA) is 23.9 Å². The molecule has 0 heterocycles. The van der Waals surface area contributed by atoms with E-state index in [0.29, 0.717) is 0 Å². The molecule has 0 saturated heterocycles. The smallest absolute Gasteiger partial charge is 1.00 e. The van der Waals surface area contributed by atoms with Gasteiger partial charge in [0.2, 0.25) is 0 Å². The standard InChI is InChI=1S/FH.Li.HNS/c;;1-2/h1H;;1H/q;+1;/p-1. The van der Waals surface area contributed by atoms with Crippen molar-refractivity contribution in [3.63, 3.8) is 0 Å². The maximum absolute atomic E-state index is 5.33. The van der Waals surface area contributed by atoms with Crippen LogP contribution in [0.25, 0.3) is 0 Å². The molecule has 0 bridgehead atoms. The van der Waals surface area contributed by atoms with Crippen LogP contribution in [0.4, 0.5) is 0 Å². The monoisotopic (exact) mass is 73.0 g/mol. The molecule has 0 atom stereocenters. The molecule has 0 aliphatic rings. The van der Waals surface area contributed by atoms with Crippen molar-refractivity contribution in [1.82, 2.24) is 0 Å². The molecule has 4 heteroatoms. The van der Waals surface area contributed by atoms with Gasteiger partial charge in [0.25, 0.3) is 0 Å². The van der Waals surface area contributed by atoms with E-state index in [1.807, 2.05) is 0 Å². The van der Waals surface area contributed by atoms with Gasteiger partial charge in [0.05, 0.1) is 0 Å². The third kappa shape index (κ3) is 20.4. The number of hydrogen-bond acceptors (Lipinski definition) is 2. The van der Waals surface area contributed by atoms with Crippen molar-refractivity contribution >= 4 is 12.4 Å². The quantitative estimate of drug-likeness (QED) is 0.284. The van der Waals surface area contributed by atoms with Crippen molar-refractivity contribution in [2.75, 3.05) is 0 Å². The van der Waals surface area contributed by atoms with Gasteiger partial charge >= 0.3 is 18.9 Å². The Morgan fingerprint density at radius 1 is 1.25 bits per heavy atom. The largest absolute Gasteiger partial charge is 1.00 e. The summed E-state index contributed by atoms with van der Waals surface area (Å²) in [5, 5.41) is 0. The molecule has 0 aromatic heterocycles. The van der Waals surface area contributed by atoms with E-state index in [1.54, 1.807) is 0 Å². The van der Waals surface area contributed by atoms with Gasteiger partial charge in [-0.05, 0) is 0 Å².